The largest absolute Gasteiger partial charge is 0.494 e. The molecule has 3 rings (SSSR count). The maximum absolute atomic E-state index is 12.7. The SMILES string of the molecule is COc1cc(NC(=O)c2cc(Cl)cc(Cl)c2OC)ccc1NC(=O)c1cccs1. The van der Waals surface area contributed by atoms with Gasteiger partial charge in [-0.2, -0.15) is 0 Å². The molecule has 9 heteroatoms. The molecule has 0 radical (unpaired) electrons. The van der Waals surface area contributed by atoms with E-state index in [0.29, 0.717) is 27.0 Å². The molecule has 0 fully saturated rings. The maximum atomic E-state index is 12.7. The van der Waals surface area contributed by atoms with Crippen LogP contribution in [0.25, 0.3) is 0 Å². The van der Waals surface area contributed by atoms with Gasteiger partial charge in [0.25, 0.3) is 11.8 Å². The maximum Gasteiger partial charge on any atom is 0.265 e. The van der Waals surface area contributed by atoms with Crippen molar-refractivity contribution in [3.8, 4) is 11.5 Å². The summed E-state index contributed by atoms with van der Waals surface area (Å²) < 4.78 is 10.6. The number of nitrogens with one attached hydrogen (secondary N) is 2. The van der Waals surface area contributed by atoms with E-state index in [1.807, 2.05) is 5.38 Å². The van der Waals surface area contributed by atoms with Crippen LogP contribution in [-0.2, 0) is 0 Å². The highest BCUT2D eigenvalue weighted by atomic mass is 35.5. The van der Waals surface area contributed by atoms with E-state index in [0.717, 1.165) is 0 Å². The average Bonchev–Trinajstić information content (AvgIpc) is 3.23. The highest BCUT2D eigenvalue weighted by Gasteiger charge is 2.18. The molecule has 0 atom stereocenters. The van der Waals surface area contributed by atoms with Gasteiger partial charge >= 0.3 is 0 Å². The van der Waals surface area contributed by atoms with Gasteiger partial charge in [0.15, 0.2) is 0 Å². The molecule has 0 saturated heterocycles. The lowest BCUT2D eigenvalue weighted by Gasteiger charge is -2.14. The number of carbonyl (C=O) groups excluding carboxylic acids is 2. The van der Waals surface area contributed by atoms with Crippen molar-refractivity contribution in [3.05, 3.63) is 68.3 Å². The number of halogens is 2. The Hall–Kier alpha value is -2.74. The number of amides is 2. The number of thiophene rings is 1. The van der Waals surface area contributed by atoms with Gasteiger partial charge in [0.1, 0.15) is 11.5 Å². The fourth-order valence-corrected chi connectivity index (χ4v) is 3.79. The van der Waals surface area contributed by atoms with Crippen molar-refractivity contribution in [3.63, 3.8) is 0 Å². The minimum atomic E-state index is -0.455. The second kappa shape index (κ2) is 9.17. The van der Waals surface area contributed by atoms with Crippen molar-refractivity contribution in [2.24, 2.45) is 0 Å². The molecule has 29 heavy (non-hydrogen) atoms. The Morgan fingerprint density at radius 2 is 1.76 bits per heavy atom. The summed E-state index contributed by atoms with van der Waals surface area (Å²) in [5, 5.41) is 7.89. The van der Waals surface area contributed by atoms with Crippen LogP contribution in [0.2, 0.25) is 10.0 Å². The first-order chi connectivity index (χ1) is 13.9. The monoisotopic (exact) mass is 450 g/mol. The first-order valence-corrected chi connectivity index (χ1v) is 9.93. The second-order valence-electron chi connectivity index (χ2n) is 5.77. The lowest BCUT2D eigenvalue weighted by atomic mass is 10.1. The summed E-state index contributed by atoms with van der Waals surface area (Å²) in [6, 6.07) is 11.4. The van der Waals surface area contributed by atoms with Gasteiger partial charge in [0, 0.05) is 16.8 Å². The van der Waals surface area contributed by atoms with Crippen LogP contribution in [0.5, 0.6) is 11.5 Å². The van der Waals surface area contributed by atoms with E-state index in [2.05, 4.69) is 10.6 Å². The Kier molecular flexibility index (Phi) is 6.64. The predicted molar refractivity (Wildman–Crippen MR) is 116 cm³/mol. The van der Waals surface area contributed by atoms with Crippen molar-refractivity contribution in [1.82, 2.24) is 0 Å². The zero-order valence-electron chi connectivity index (χ0n) is 15.4. The fourth-order valence-electron chi connectivity index (χ4n) is 2.60. The smallest absolute Gasteiger partial charge is 0.265 e. The Balaban J connectivity index is 1.82. The van der Waals surface area contributed by atoms with Crippen molar-refractivity contribution in [1.29, 1.82) is 0 Å². The zero-order chi connectivity index (χ0) is 21.0. The summed E-state index contributed by atoms with van der Waals surface area (Å²) in [5.41, 5.74) is 1.13. The summed E-state index contributed by atoms with van der Waals surface area (Å²) in [6.45, 7) is 0. The molecule has 6 nitrogen and oxygen atoms in total. The van der Waals surface area contributed by atoms with Gasteiger partial charge in [-0.1, -0.05) is 29.3 Å². The van der Waals surface area contributed by atoms with E-state index in [-0.39, 0.29) is 22.2 Å². The number of hydrogen-bond donors (Lipinski definition) is 2. The molecule has 2 amide bonds. The molecule has 0 aliphatic rings. The van der Waals surface area contributed by atoms with Crippen LogP contribution in [0.15, 0.2) is 47.8 Å². The first kappa shape index (κ1) is 21.0. The third-order valence-corrected chi connectivity index (χ3v) is 5.28. The number of hydrogen-bond acceptors (Lipinski definition) is 5. The fraction of sp³-hybridized carbons (Fsp3) is 0.100. The molecule has 2 N–H and O–H groups in total. The zero-order valence-corrected chi connectivity index (χ0v) is 17.7. The molecular formula is C20H16Cl2N2O4S. The topological polar surface area (TPSA) is 76.7 Å². The Labute approximate surface area is 181 Å². The third kappa shape index (κ3) is 4.82. The van der Waals surface area contributed by atoms with Crippen LogP contribution in [0.3, 0.4) is 0 Å². The summed E-state index contributed by atoms with van der Waals surface area (Å²) in [6.07, 6.45) is 0. The van der Waals surface area contributed by atoms with Crippen LogP contribution >= 0.6 is 34.5 Å². The van der Waals surface area contributed by atoms with E-state index in [1.165, 1.54) is 37.7 Å². The van der Waals surface area contributed by atoms with Crippen LogP contribution in [0, 0.1) is 0 Å². The number of methoxy groups -OCH3 is 2. The molecule has 0 spiro atoms. The van der Waals surface area contributed by atoms with Gasteiger partial charge in [0.05, 0.1) is 35.4 Å². The van der Waals surface area contributed by atoms with E-state index in [4.69, 9.17) is 32.7 Å². The number of benzene rings is 2. The van der Waals surface area contributed by atoms with Gasteiger partial charge < -0.3 is 20.1 Å². The average molecular weight is 451 g/mol. The van der Waals surface area contributed by atoms with E-state index >= 15 is 0 Å². The summed E-state index contributed by atoms with van der Waals surface area (Å²) in [7, 11) is 2.89. The first-order valence-electron chi connectivity index (χ1n) is 8.30. The molecule has 150 valence electrons. The molecule has 0 bridgehead atoms. The van der Waals surface area contributed by atoms with Gasteiger partial charge in [-0.3, -0.25) is 9.59 Å². The van der Waals surface area contributed by atoms with Crippen molar-refractivity contribution < 1.29 is 19.1 Å². The van der Waals surface area contributed by atoms with Crippen LogP contribution in [0.1, 0.15) is 20.0 Å². The molecule has 2 aromatic carbocycles. The molecule has 3 aromatic rings. The van der Waals surface area contributed by atoms with E-state index in [1.54, 1.807) is 30.3 Å². The summed E-state index contributed by atoms with van der Waals surface area (Å²) >= 11 is 13.4. The van der Waals surface area contributed by atoms with Gasteiger partial charge in [-0.15, -0.1) is 11.3 Å². The predicted octanol–water partition coefficient (Wildman–Crippen LogP) is 5.58. The summed E-state index contributed by atoms with van der Waals surface area (Å²) in [5.74, 6) is -0.0822. The molecule has 0 aliphatic heterocycles. The lowest BCUT2D eigenvalue weighted by molar-refractivity contribution is 0.101. The highest BCUT2D eigenvalue weighted by Crippen LogP contribution is 2.33. The van der Waals surface area contributed by atoms with Gasteiger partial charge in [0.2, 0.25) is 0 Å². The highest BCUT2D eigenvalue weighted by molar-refractivity contribution is 7.12. The molecule has 0 unspecified atom stereocenters. The Morgan fingerprint density at radius 3 is 2.41 bits per heavy atom. The van der Waals surface area contributed by atoms with Crippen LogP contribution in [-0.4, -0.2) is 26.0 Å². The Bertz CT molecular complexity index is 1050. The van der Waals surface area contributed by atoms with Crippen molar-refractivity contribution >= 4 is 57.7 Å². The van der Waals surface area contributed by atoms with Crippen LogP contribution in [0.4, 0.5) is 11.4 Å². The standard InChI is InChI=1S/C20H16Cl2N2O4S/c1-27-16-10-12(5-6-15(16)24-20(26)17-4-3-7-29-17)23-19(25)13-8-11(21)9-14(22)18(13)28-2/h3-10H,1-2H3,(H,23,25)(H,24,26). The number of ether oxygens (including phenoxy) is 2. The molecular weight excluding hydrogens is 435 g/mol. The minimum Gasteiger partial charge on any atom is -0.494 e. The molecule has 0 saturated carbocycles. The van der Waals surface area contributed by atoms with Crippen molar-refractivity contribution in [2.45, 2.75) is 0 Å². The number of carbonyl (C=O) groups is 2. The lowest BCUT2D eigenvalue weighted by Crippen LogP contribution is -2.14. The summed E-state index contributed by atoms with van der Waals surface area (Å²) in [4.78, 5) is 25.5. The molecule has 1 aromatic heterocycles. The second-order valence-corrected chi connectivity index (χ2v) is 7.56. The molecule has 1 heterocycles. The number of rotatable bonds is 6. The third-order valence-electron chi connectivity index (χ3n) is 3.91. The minimum absolute atomic E-state index is 0.194. The van der Waals surface area contributed by atoms with E-state index in [9.17, 15) is 9.59 Å². The normalized spacial score (nSPS) is 10.3. The van der Waals surface area contributed by atoms with Gasteiger partial charge in [-0.25, -0.2) is 0 Å². The molecule has 0 aliphatic carbocycles. The van der Waals surface area contributed by atoms with Gasteiger partial charge in [-0.05, 0) is 35.7 Å². The van der Waals surface area contributed by atoms with Crippen LogP contribution < -0.4 is 20.1 Å². The quantitative estimate of drug-likeness (QED) is 0.513. The number of anilines is 2. The Morgan fingerprint density at radius 1 is 0.966 bits per heavy atom. The van der Waals surface area contributed by atoms with Crippen molar-refractivity contribution in [2.75, 3.05) is 24.9 Å². The van der Waals surface area contributed by atoms with E-state index < -0.39 is 5.91 Å².